The Labute approximate surface area is 119 Å². The van der Waals surface area contributed by atoms with Crippen molar-refractivity contribution in [2.75, 3.05) is 0 Å². The Balaban J connectivity index is 0. The third kappa shape index (κ3) is 5.08. The second-order valence-corrected chi connectivity index (χ2v) is 1.66. The van der Waals surface area contributed by atoms with Crippen LogP contribution in [0.4, 0.5) is 4.79 Å². The van der Waals surface area contributed by atoms with Gasteiger partial charge in [0, 0.05) is 0 Å². The maximum absolute atomic E-state index is 10.5. The molecule has 0 aliphatic rings. The third-order valence-electron chi connectivity index (χ3n) is 0.786. The summed E-state index contributed by atoms with van der Waals surface area (Å²) >= 11 is 0. The fraction of sp³-hybridized carbons (Fsp3) is 0. The summed E-state index contributed by atoms with van der Waals surface area (Å²) in [6, 6.07) is -1.41. The van der Waals surface area contributed by atoms with Crippen LogP contribution >= 0.6 is 0 Å². The van der Waals surface area contributed by atoms with Gasteiger partial charge >= 0.3 is 63.6 Å². The first-order valence-corrected chi connectivity index (χ1v) is 2.62. The van der Waals surface area contributed by atoms with Crippen LogP contribution in [-0.2, 0) is 4.79 Å². The Bertz CT molecular complexity index is 264. The van der Waals surface area contributed by atoms with Crippen molar-refractivity contribution in [3.8, 4) is 0 Å². The van der Waals surface area contributed by atoms with E-state index in [9.17, 15) is 29.8 Å². The second kappa shape index (κ2) is 6.66. The first-order valence-electron chi connectivity index (χ1n) is 2.62. The van der Waals surface area contributed by atoms with E-state index >= 15 is 0 Å². The van der Waals surface area contributed by atoms with Gasteiger partial charge in [0.15, 0.2) is 0 Å². The number of nitrogens with zero attached hydrogens (tertiary/aromatic N) is 2. The molecular formula is C3H3KN4O6. The van der Waals surface area contributed by atoms with Gasteiger partial charge in [-0.1, -0.05) is 0 Å². The summed E-state index contributed by atoms with van der Waals surface area (Å²) in [6.45, 7) is 0. The number of nitrogens with one attached hydrogen (secondary N) is 1. The van der Waals surface area contributed by atoms with Crippen molar-refractivity contribution >= 4 is 11.9 Å². The predicted molar refractivity (Wildman–Crippen MR) is 35.0 cm³/mol. The minimum absolute atomic E-state index is 0. The molecule has 0 spiro atoms. The van der Waals surface area contributed by atoms with Gasteiger partial charge in [0.2, 0.25) is 5.91 Å². The van der Waals surface area contributed by atoms with Gasteiger partial charge in [0.1, 0.15) is 0 Å². The first kappa shape index (κ1) is 15.7. The number of carbonyl (C=O) groups is 2. The van der Waals surface area contributed by atoms with Crippen LogP contribution in [0.5, 0.6) is 0 Å². The number of hydrogen-bond acceptors (Lipinski definition) is 6. The van der Waals surface area contributed by atoms with E-state index in [2.05, 4.69) is 5.73 Å². The van der Waals surface area contributed by atoms with Crippen LogP contribution in [0.2, 0.25) is 0 Å². The monoisotopic (exact) mass is 230 g/mol. The van der Waals surface area contributed by atoms with Crippen molar-refractivity contribution in [2.45, 2.75) is 0 Å². The average molecular weight is 230 g/mol. The zero-order valence-corrected chi connectivity index (χ0v) is 10.0. The topological polar surface area (TPSA) is 158 Å². The van der Waals surface area contributed by atoms with Crippen LogP contribution in [-0.4, -0.2) is 21.8 Å². The molecule has 0 fully saturated rings. The molecule has 0 aromatic rings. The Morgan fingerprint density at radius 1 is 1.21 bits per heavy atom. The number of urea groups is 1. The fourth-order valence-corrected chi connectivity index (χ4v) is 0.400. The standard InChI is InChI=1S/C3H3N4O6.K/c4-3(9)5-1(8)2(6(10)11)7(12)13;/h(H3,4,5,8,9);/q-1;+1. The van der Waals surface area contributed by atoms with E-state index in [-0.39, 0.29) is 51.4 Å². The minimum Gasteiger partial charge on any atom is -0.351 e. The molecule has 14 heavy (non-hydrogen) atoms. The van der Waals surface area contributed by atoms with Gasteiger partial charge < -0.3 is 5.73 Å². The average Bonchev–Trinajstić information content (AvgIpc) is 1.81. The largest absolute Gasteiger partial charge is 1.00 e. The maximum Gasteiger partial charge on any atom is 1.00 e. The molecule has 0 saturated carbocycles. The van der Waals surface area contributed by atoms with Crippen molar-refractivity contribution in [3.05, 3.63) is 26.4 Å². The van der Waals surface area contributed by atoms with Gasteiger partial charge in [-0.2, -0.15) is 0 Å². The van der Waals surface area contributed by atoms with Crippen molar-refractivity contribution in [3.63, 3.8) is 0 Å². The van der Waals surface area contributed by atoms with Crippen LogP contribution < -0.4 is 62.4 Å². The number of rotatable bonds is 3. The number of nitrogens with two attached hydrogens (primary N) is 1. The molecule has 0 heterocycles. The van der Waals surface area contributed by atoms with E-state index in [4.69, 9.17) is 0 Å². The molecule has 0 bridgehead atoms. The van der Waals surface area contributed by atoms with Gasteiger partial charge in [-0.25, -0.2) is 4.79 Å². The van der Waals surface area contributed by atoms with E-state index in [1.54, 1.807) is 0 Å². The summed E-state index contributed by atoms with van der Waals surface area (Å²) in [5.74, 6) is -1.76. The molecule has 3 N–H and O–H groups in total. The van der Waals surface area contributed by atoms with E-state index in [0.717, 1.165) is 0 Å². The van der Waals surface area contributed by atoms with Crippen LogP contribution in [0, 0.1) is 26.4 Å². The van der Waals surface area contributed by atoms with Gasteiger partial charge in [-0.15, -0.1) is 0 Å². The summed E-state index contributed by atoms with van der Waals surface area (Å²) < 4.78 is 0. The molecule has 0 aliphatic heterocycles. The Kier molecular flexibility index (Phi) is 7.48. The minimum atomic E-state index is -1.86. The van der Waals surface area contributed by atoms with Gasteiger partial charge in [0.25, 0.3) is 0 Å². The van der Waals surface area contributed by atoms with E-state index in [0.29, 0.717) is 0 Å². The van der Waals surface area contributed by atoms with Crippen molar-refractivity contribution in [1.29, 1.82) is 0 Å². The smallest absolute Gasteiger partial charge is 0.351 e. The Morgan fingerprint density at radius 2 is 1.57 bits per heavy atom. The summed E-state index contributed by atoms with van der Waals surface area (Å²) in [5.41, 5.74) is 4.40. The SMILES string of the molecule is NC(=O)NC(=O)[C-]([N+](=O)[O-])[N+](=O)[O-].[K+]. The normalized spacial score (nSPS) is 8.00. The molecule has 0 rings (SSSR count). The number of carbonyl (C=O) groups excluding carboxylic acids is 2. The van der Waals surface area contributed by atoms with Gasteiger partial charge in [-0.3, -0.25) is 30.3 Å². The third-order valence-corrected chi connectivity index (χ3v) is 0.786. The molecule has 11 heteroatoms. The zero-order valence-electron chi connectivity index (χ0n) is 6.92. The van der Waals surface area contributed by atoms with Gasteiger partial charge in [-0.05, 0) is 9.85 Å². The molecule has 0 radical (unpaired) electrons. The quantitative estimate of drug-likeness (QED) is 0.214. The van der Waals surface area contributed by atoms with Crippen molar-refractivity contribution < 1.29 is 70.8 Å². The number of hydrogen-bond donors (Lipinski definition) is 2. The molecule has 0 aromatic carbocycles. The Hall–Kier alpha value is -0.754. The summed E-state index contributed by atoms with van der Waals surface area (Å²) in [5, 5.41) is 20.9. The number of amides is 3. The van der Waals surface area contributed by atoms with Crippen molar-refractivity contribution in [2.24, 2.45) is 5.73 Å². The second-order valence-electron chi connectivity index (χ2n) is 1.66. The summed E-state index contributed by atoms with van der Waals surface area (Å²) in [6.07, 6.45) is -1.86. The van der Waals surface area contributed by atoms with E-state index in [1.807, 2.05) is 0 Å². The van der Waals surface area contributed by atoms with Crippen molar-refractivity contribution in [1.82, 2.24) is 5.32 Å². The van der Waals surface area contributed by atoms with Crippen LogP contribution in [0.3, 0.4) is 0 Å². The fourth-order valence-electron chi connectivity index (χ4n) is 0.400. The molecule has 0 saturated heterocycles. The van der Waals surface area contributed by atoms with E-state index in [1.165, 1.54) is 5.32 Å². The number of nitro groups is 2. The van der Waals surface area contributed by atoms with Crippen LogP contribution in [0.15, 0.2) is 0 Å². The molecule has 0 unspecified atom stereocenters. The molecule has 0 aromatic heterocycles. The molecular weight excluding hydrogens is 227 g/mol. The van der Waals surface area contributed by atoms with Crippen LogP contribution in [0.25, 0.3) is 0 Å². The molecule has 72 valence electrons. The predicted octanol–water partition coefficient (Wildman–Crippen LogP) is -4.77. The summed E-state index contributed by atoms with van der Waals surface area (Å²) in [4.78, 5) is 37.2. The Morgan fingerprint density at radius 3 is 1.79 bits per heavy atom. The first-order chi connectivity index (χ1) is 5.86. The summed E-state index contributed by atoms with van der Waals surface area (Å²) in [7, 11) is 0. The molecule has 0 aliphatic carbocycles. The zero-order chi connectivity index (χ0) is 10.6. The number of imide groups is 1. The van der Waals surface area contributed by atoms with Gasteiger partial charge in [0.05, 0.1) is 0 Å². The molecule has 3 amide bonds. The van der Waals surface area contributed by atoms with E-state index < -0.39 is 28.0 Å². The maximum atomic E-state index is 10.5. The molecule has 10 nitrogen and oxygen atoms in total. The van der Waals surface area contributed by atoms with Crippen LogP contribution in [0.1, 0.15) is 0 Å². The molecule has 0 atom stereocenters. The number of primary amides is 1.